The zero-order valence-electron chi connectivity index (χ0n) is 11.6. The molecule has 1 aromatic carbocycles. The highest BCUT2D eigenvalue weighted by Gasteiger charge is 2.34. The summed E-state index contributed by atoms with van der Waals surface area (Å²) in [5, 5.41) is 0. The number of hydrogen-bond donors (Lipinski definition) is 1. The zero-order valence-corrected chi connectivity index (χ0v) is 12.4. The van der Waals surface area contributed by atoms with Crippen LogP contribution in [0.2, 0.25) is 0 Å². The van der Waals surface area contributed by atoms with E-state index in [-0.39, 0.29) is 10.4 Å². The zero-order chi connectivity index (χ0) is 14.3. The Morgan fingerprint density at radius 1 is 1.16 bits per heavy atom. The van der Waals surface area contributed by atoms with Crippen molar-refractivity contribution in [3.8, 4) is 0 Å². The summed E-state index contributed by atoms with van der Waals surface area (Å²) in [5.41, 5.74) is 0.532. The van der Waals surface area contributed by atoms with Gasteiger partial charge in [-0.1, -0.05) is 12.8 Å². The van der Waals surface area contributed by atoms with Gasteiger partial charge < -0.3 is 0 Å². The van der Waals surface area contributed by atoms with Gasteiger partial charge in [-0.15, -0.1) is 0 Å². The molecule has 0 unspecified atom stereocenters. The summed E-state index contributed by atoms with van der Waals surface area (Å²) in [6.45, 7) is 5.19. The lowest BCUT2D eigenvalue weighted by Gasteiger charge is -2.26. The molecule has 0 amide bonds. The van der Waals surface area contributed by atoms with E-state index in [0.717, 1.165) is 25.7 Å². The van der Waals surface area contributed by atoms with Crippen molar-refractivity contribution in [2.45, 2.75) is 56.9 Å². The fourth-order valence-corrected chi connectivity index (χ4v) is 4.87. The third-order valence-electron chi connectivity index (χ3n) is 3.78. The van der Waals surface area contributed by atoms with Crippen molar-refractivity contribution in [1.82, 2.24) is 4.72 Å². The molecule has 1 aliphatic carbocycles. The van der Waals surface area contributed by atoms with Gasteiger partial charge in [-0.3, -0.25) is 0 Å². The van der Waals surface area contributed by atoms with E-state index in [4.69, 9.17) is 0 Å². The fourth-order valence-electron chi connectivity index (χ4n) is 2.95. The van der Waals surface area contributed by atoms with Gasteiger partial charge in [0.05, 0.1) is 4.90 Å². The summed E-state index contributed by atoms with van der Waals surface area (Å²) in [4.78, 5) is 0.210. The number of aryl methyl sites for hydroxylation is 2. The molecule has 19 heavy (non-hydrogen) atoms. The van der Waals surface area contributed by atoms with Gasteiger partial charge in [-0.25, -0.2) is 17.5 Å². The van der Waals surface area contributed by atoms with E-state index in [1.54, 1.807) is 13.8 Å². The van der Waals surface area contributed by atoms with E-state index < -0.39 is 15.8 Å². The first-order valence-corrected chi connectivity index (χ1v) is 8.03. The smallest absolute Gasteiger partial charge is 0.207 e. The predicted molar refractivity (Wildman–Crippen MR) is 73.1 cm³/mol. The lowest BCUT2D eigenvalue weighted by molar-refractivity contribution is 0.427. The number of nitrogens with one attached hydrogen (secondary N) is 1. The van der Waals surface area contributed by atoms with E-state index in [1.807, 2.05) is 6.92 Å². The van der Waals surface area contributed by atoms with E-state index in [0.29, 0.717) is 11.1 Å². The van der Waals surface area contributed by atoms with Gasteiger partial charge in [0, 0.05) is 5.54 Å². The van der Waals surface area contributed by atoms with E-state index in [1.165, 1.54) is 12.1 Å². The molecule has 106 valence electrons. The molecule has 0 saturated heterocycles. The molecule has 3 nitrogen and oxygen atoms in total. The van der Waals surface area contributed by atoms with Gasteiger partial charge in [-0.2, -0.15) is 0 Å². The van der Waals surface area contributed by atoms with Crippen LogP contribution in [0.5, 0.6) is 0 Å². The van der Waals surface area contributed by atoms with Gasteiger partial charge in [0.15, 0.2) is 0 Å². The normalized spacial score (nSPS) is 18.7. The van der Waals surface area contributed by atoms with Crippen LogP contribution in [0.15, 0.2) is 17.0 Å². The van der Waals surface area contributed by atoms with Crippen molar-refractivity contribution in [3.05, 3.63) is 29.1 Å². The molecule has 1 aromatic rings. The molecule has 1 saturated carbocycles. The quantitative estimate of drug-likeness (QED) is 0.927. The molecular formula is C14H20FNO2S. The van der Waals surface area contributed by atoms with Gasteiger partial charge in [-0.05, 0) is 56.9 Å². The van der Waals surface area contributed by atoms with E-state index in [9.17, 15) is 12.8 Å². The molecule has 0 atom stereocenters. The Kier molecular flexibility index (Phi) is 3.71. The number of halogens is 1. The Balaban J connectivity index is 2.40. The lowest BCUT2D eigenvalue weighted by Crippen LogP contribution is -2.43. The Morgan fingerprint density at radius 2 is 1.63 bits per heavy atom. The summed E-state index contributed by atoms with van der Waals surface area (Å²) < 4.78 is 41.1. The number of hydrogen-bond acceptors (Lipinski definition) is 2. The largest absolute Gasteiger partial charge is 0.241 e. The van der Waals surface area contributed by atoms with Gasteiger partial charge in [0.25, 0.3) is 0 Å². The molecule has 0 heterocycles. The van der Waals surface area contributed by atoms with Crippen molar-refractivity contribution in [1.29, 1.82) is 0 Å². The highest BCUT2D eigenvalue weighted by molar-refractivity contribution is 7.89. The van der Waals surface area contributed by atoms with Gasteiger partial charge >= 0.3 is 0 Å². The molecule has 0 aliphatic heterocycles. The highest BCUT2D eigenvalue weighted by Crippen LogP contribution is 2.31. The van der Waals surface area contributed by atoms with Crippen LogP contribution in [0, 0.1) is 19.7 Å². The maximum atomic E-state index is 13.3. The van der Waals surface area contributed by atoms with Crippen LogP contribution >= 0.6 is 0 Å². The third-order valence-corrected chi connectivity index (χ3v) is 5.72. The van der Waals surface area contributed by atoms with Crippen molar-refractivity contribution in [3.63, 3.8) is 0 Å². The average molecular weight is 285 g/mol. The molecule has 1 N–H and O–H groups in total. The monoisotopic (exact) mass is 285 g/mol. The lowest BCUT2D eigenvalue weighted by atomic mass is 10.0. The van der Waals surface area contributed by atoms with Crippen LogP contribution in [0.4, 0.5) is 4.39 Å². The Morgan fingerprint density at radius 3 is 2.11 bits per heavy atom. The fraction of sp³-hybridized carbons (Fsp3) is 0.571. The minimum Gasteiger partial charge on any atom is -0.207 e. The summed E-state index contributed by atoms with van der Waals surface area (Å²) >= 11 is 0. The van der Waals surface area contributed by atoms with Crippen LogP contribution < -0.4 is 4.72 Å². The molecule has 0 bridgehead atoms. The average Bonchev–Trinajstić information content (AvgIpc) is 2.60. The van der Waals surface area contributed by atoms with Crippen molar-refractivity contribution in [2.75, 3.05) is 0 Å². The predicted octanol–water partition coefficient (Wildman–Crippen LogP) is 3.05. The van der Waals surface area contributed by atoms with Gasteiger partial charge in [0.2, 0.25) is 10.0 Å². The number of benzene rings is 1. The van der Waals surface area contributed by atoms with Crippen molar-refractivity contribution >= 4 is 10.0 Å². The molecule has 1 aliphatic rings. The first kappa shape index (κ1) is 14.5. The van der Waals surface area contributed by atoms with Crippen LogP contribution in [0.3, 0.4) is 0 Å². The second-order valence-electron chi connectivity index (χ2n) is 5.74. The second kappa shape index (κ2) is 4.87. The van der Waals surface area contributed by atoms with E-state index >= 15 is 0 Å². The second-order valence-corrected chi connectivity index (χ2v) is 7.36. The highest BCUT2D eigenvalue weighted by atomic mass is 32.2. The molecule has 1 fully saturated rings. The first-order chi connectivity index (χ1) is 8.73. The molecule has 0 spiro atoms. The summed E-state index contributed by atoms with van der Waals surface area (Å²) in [5.74, 6) is -0.402. The Labute approximate surface area is 114 Å². The minimum atomic E-state index is -3.60. The maximum Gasteiger partial charge on any atom is 0.241 e. The summed E-state index contributed by atoms with van der Waals surface area (Å²) in [6, 6.07) is 2.52. The Hall–Kier alpha value is -0.940. The van der Waals surface area contributed by atoms with Crippen molar-refractivity contribution in [2.24, 2.45) is 0 Å². The standard InChI is InChI=1S/C14H20FNO2S/c1-10-8-12(15)9-11(2)13(10)19(17,18)16-14(3)6-4-5-7-14/h8-9,16H,4-7H2,1-3H3. The van der Waals surface area contributed by atoms with Crippen LogP contribution in [0.1, 0.15) is 43.7 Å². The van der Waals surface area contributed by atoms with Crippen molar-refractivity contribution < 1.29 is 12.8 Å². The topological polar surface area (TPSA) is 46.2 Å². The molecule has 0 radical (unpaired) electrons. The number of sulfonamides is 1. The molecule has 0 aromatic heterocycles. The first-order valence-electron chi connectivity index (χ1n) is 6.54. The number of rotatable bonds is 3. The maximum absolute atomic E-state index is 13.3. The van der Waals surface area contributed by atoms with Crippen LogP contribution in [-0.4, -0.2) is 14.0 Å². The van der Waals surface area contributed by atoms with Crippen LogP contribution in [0.25, 0.3) is 0 Å². The SMILES string of the molecule is Cc1cc(F)cc(C)c1S(=O)(=O)NC1(C)CCCC1. The Bertz CT molecular complexity index is 566. The molecule has 5 heteroatoms. The van der Waals surface area contributed by atoms with Gasteiger partial charge in [0.1, 0.15) is 5.82 Å². The summed E-state index contributed by atoms with van der Waals surface area (Å²) in [6.07, 6.45) is 3.79. The third kappa shape index (κ3) is 2.98. The minimum absolute atomic E-state index is 0.210. The summed E-state index contributed by atoms with van der Waals surface area (Å²) in [7, 11) is -3.60. The molecular weight excluding hydrogens is 265 g/mol. The molecule has 2 rings (SSSR count). The van der Waals surface area contributed by atoms with E-state index in [2.05, 4.69) is 4.72 Å². The van der Waals surface area contributed by atoms with Crippen LogP contribution in [-0.2, 0) is 10.0 Å².